The van der Waals surface area contributed by atoms with Crippen molar-refractivity contribution in [2.24, 2.45) is 7.05 Å². The first-order valence-electron chi connectivity index (χ1n) is 16.1. The van der Waals surface area contributed by atoms with Crippen LogP contribution in [0.5, 0.6) is 0 Å². The molecular formula is C38H36N6O3S2. The fourth-order valence-corrected chi connectivity index (χ4v) is 10.3. The van der Waals surface area contributed by atoms with Crippen molar-refractivity contribution in [1.29, 1.82) is 0 Å². The molecule has 1 fully saturated rings. The average molecular weight is 689 g/mol. The Morgan fingerprint density at radius 3 is 1.92 bits per heavy atom. The van der Waals surface area contributed by atoms with Crippen LogP contribution in [-0.4, -0.2) is 68.6 Å². The number of amides is 1. The summed E-state index contributed by atoms with van der Waals surface area (Å²) in [5.41, 5.74) is 3.22. The van der Waals surface area contributed by atoms with Crippen molar-refractivity contribution < 1.29 is 13.2 Å². The van der Waals surface area contributed by atoms with Gasteiger partial charge in [-0.3, -0.25) is 4.79 Å². The highest BCUT2D eigenvalue weighted by Gasteiger charge is 2.49. The van der Waals surface area contributed by atoms with Crippen LogP contribution in [0.1, 0.15) is 28.9 Å². The molecule has 1 aromatic heterocycles. The van der Waals surface area contributed by atoms with Gasteiger partial charge in [0.1, 0.15) is 6.04 Å². The number of carbonyl (C=O) groups is 1. The summed E-state index contributed by atoms with van der Waals surface area (Å²) in [6, 6.07) is 42.8. The standard InChI is InChI=1S/C38H36N6O3S2/c1-42(27-36-39-40-41-43(36)2)37(45)35-25-33(26-44(35)49(46,47)34-23-22-28-14-12-13-15-29(28)24-34)48-38(30-16-6-3-7-17-30,31-18-8-4-9-19-31)32-20-10-5-11-21-32/h3-24,33,35H,25-27H2,1-2H3/t33-,35+/m1/s1. The van der Waals surface area contributed by atoms with E-state index in [1.807, 2.05) is 84.9 Å². The number of nitrogens with zero attached hydrogens (tertiary/aromatic N) is 6. The first-order chi connectivity index (χ1) is 23.8. The predicted octanol–water partition coefficient (Wildman–Crippen LogP) is 5.88. The Balaban J connectivity index is 1.32. The van der Waals surface area contributed by atoms with Crippen molar-refractivity contribution in [2.45, 2.75) is 33.9 Å². The smallest absolute Gasteiger partial charge is 0.243 e. The molecule has 1 aliphatic heterocycles. The Kier molecular flexibility index (Phi) is 9.06. The lowest BCUT2D eigenvalue weighted by atomic mass is 9.84. The van der Waals surface area contributed by atoms with Crippen molar-refractivity contribution in [3.63, 3.8) is 0 Å². The summed E-state index contributed by atoms with van der Waals surface area (Å²) in [4.78, 5) is 16.0. The van der Waals surface area contributed by atoms with E-state index in [-0.39, 0.29) is 29.1 Å². The summed E-state index contributed by atoms with van der Waals surface area (Å²) >= 11 is 1.70. The Bertz CT molecular complexity index is 2080. The van der Waals surface area contributed by atoms with Gasteiger partial charge in [0.15, 0.2) is 5.82 Å². The minimum Gasteiger partial charge on any atom is -0.337 e. The number of sulfonamides is 1. The maximum absolute atomic E-state index is 14.6. The molecule has 0 unspecified atom stereocenters. The monoisotopic (exact) mass is 688 g/mol. The van der Waals surface area contributed by atoms with Gasteiger partial charge in [-0.15, -0.1) is 16.9 Å². The minimum absolute atomic E-state index is 0.141. The SMILES string of the molecule is CN(Cc1nnnn1C)C(=O)[C@@H]1C[C@@H](SC(c2ccccc2)(c2ccccc2)c2ccccc2)CN1S(=O)(=O)c1ccc2ccccc2c1. The number of benzene rings is 5. The summed E-state index contributed by atoms with van der Waals surface area (Å²) in [5, 5.41) is 13.2. The number of aromatic nitrogens is 4. The summed E-state index contributed by atoms with van der Waals surface area (Å²) in [7, 11) is -0.705. The lowest BCUT2D eigenvalue weighted by Crippen LogP contribution is -2.46. The van der Waals surface area contributed by atoms with Crippen LogP contribution in [0.15, 0.2) is 138 Å². The molecule has 0 aliphatic carbocycles. The van der Waals surface area contributed by atoms with Crippen LogP contribution in [0.2, 0.25) is 0 Å². The van der Waals surface area contributed by atoms with Crippen molar-refractivity contribution in [1.82, 2.24) is 29.4 Å². The van der Waals surface area contributed by atoms with Gasteiger partial charge in [0, 0.05) is 25.9 Å². The predicted molar refractivity (Wildman–Crippen MR) is 192 cm³/mol. The van der Waals surface area contributed by atoms with Crippen LogP contribution in [0.25, 0.3) is 10.8 Å². The highest BCUT2D eigenvalue weighted by Crippen LogP contribution is 2.52. The van der Waals surface area contributed by atoms with Gasteiger partial charge in [-0.25, -0.2) is 13.1 Å². The topological polar surface area (TPSA) is 101 Å². The number of hydrogen-bond donors (Lipinski definition) is 0. The zero-order valence-corrected chi connectivity index (χ0v) is 28.8. The molecule has 0 N–H and O–H groups in total. The fraction of sp³-hybridized carbons (Fsp3) is 0.211. The van der Waals surface area contributed by atoms with Gasteiger partial charge in [0.2, 0.25) is 15.9 Å². The molecule has 6 aromatic rings. The van der Waals surface area contributed by atoms with Crippen molar-refractivity contribution in [3.8, 4) is 0 Å². The van der Waals surface area contributed by atoms with E-state index in [0.29, 0.717) is 12.2 Å². The Hall–Kier alpha value is -4.84. The van der Waals surface area contributed by atoms with Crippen LogP contribution in [0.4, 0.5) is 0 Å². The van der Waals surface area contributed by atoms with Gasteiger partial charge < -0.3 is 4.90 Å². The zero-order chi connectivity index (χ0) is 34.0. The fourth-order valence-electron chi connectivity index (χ4n) is 6.71. The number of fused-ring (bicyclic) bond motifs is 1. The highest BCUT2D eigenvalue weighted by molar-refractivity contribution is 8.01. The van der Waals surface area contributed by atoms with Gasteiger partial charge >= 0.3 is 0 Å². The quantitative estimate of drug-likeness (QED) is 0.166. The molecule has 7 rings (SSSR count). The Labute approximate surface area is 290 Å². The summed E-state index contributed by atoms with van der Waals surface area (Å²) in [6.07, 6.45) is 0.325. The van der Waals surface area contributed by atoms with Gasteiger partial charge in [-0.05, 0) is 56.4 Å². The van der Waals surface area contributed by atoms with Crippen molar-refractivity contribution >= 4 is 38.5 Å². The van der Waals surface area contributed by atoms with E-state index >= 15 is 0 Å². The molecule has 0 bridgehead atoms. The third kappa shape index (κ3) is 6.25. The number of carbonyl (C=O) groups excluding carboxylic acids is 1. The maximum Gasteiger partial charge on any atom is 0.243 e. The number of likely N-dealkylation sites (N-methyl/N-ethyl adjacent to an activating group) is 1. The molecule has 11 heteroatoms. The van der Waals surface area contributed by atoms with Gasteiger partial charge in [0.25, 0.3) is 0 Å². The number of rotatable bonds is 10. The van der Waals surface area contributed by atoms with E-state index < -0.39 is 20.8 Å². The molecule has 49 heavy (non-hydrogen) atoms. The maximum atomic E-state index is 14.6. The highest BCUT2D eigenvalue weighted by atomic mass is 32.2. The Morgan fingerprint density at radius 1 is 0.816 bits per heavy atom. The third-order valence-electron chi connectivity index (χ3n) is 9.18. The minimum atomic E-state index is -4.08. The lowest BCUT2D eigenvalue weighted by molar-refractivity contribution is -0.133. The molecule has 2 heterocycles. The van der Waals surface area contributed by atoms with E-state index in [2.05, 4.69) is 51.9 Å². The molecule has 248 valence electrons. The van der Waals surface area contributed by atoms with Crippen LogP contribution in [0.3, 0.4) is 0 Å². The second-order valence-corrected chi connectivity index (χ2v) is 15.7. The molecule has 0 saturated carbocycles. The van der Waals surface area contributed by atoms with Gasteiger partial charge in [-0.2, -0.15) is 4.31 Å². The van der Waals surface area contributed by atoms with E-state index in [4.69, 9.17) is 0 Å². The number of thioether (sulfide) groups is 1. The van der Waals surface area contributed by atoms with Gasteiger partial charge in [0.05, 0.1) is 16.2 Å². The molecule has 0 radical (unpaired) electrons. The van der Waals surface area contributed by atoms with E-state index in [1.165, 1.54) is 13.9 Å². The van der Waals surface area contributed by atoms with Crippen LogP contribution in [-0.2, 0) is 33.2 Å². The zero-order valence-electron chi connectivity index (χ0n) is 27.2. The lowest BCUT2D eigenvalue weighted by Gasteiger charge is -2.37. The third-order valence-corrected chi connectivity index (χ3v) is 12.8. The summed E-state index contributed by atoms with van der Waals surface area (Å²) in [6.45, 7) is 0.298. The molecular weight excluding hydrogens is 653 g/mol. The number of tetrazole rings is 1. The van der Waals surface area contributed by atoms with Crippen LogP contribution >= 0.6 is 11.8 Å². The molecule has 0 spiro atoms. The van der Waals surface area contributed by atoms with Gasteiger partial charge in [-0.1, -0.05) is 121 Å². The molecule has 5 aromatic carbocycles. The van der Waals surface area contributed by atoms with Crippen molar-refractivity contribution in [3.05, 3.63) is 156 Å². The van der Waals surface area contributed by atoms with Crippen LogP contribution in [0, 0.1) is 0 Å². The number of aryl methyl sites for hydroxylation is 1. The molecule has 9 nitrogen and oxygen atoms in total. The summed E-state index contributed by atoms with van der Waals surface area (Å²) in [5.74, 6) is 0.195. The Morgan fingerprint density at radius 2 is 1.37 bits per heavy atom. The first kappa shape index (κ1) is 32.7. The van der Waals surface area contributed by atoms with E-state index in [9.17, 15) is 13.2 Å². The normalized spacial score (nSPS) is 16.9. The molecule has 1 amide bonds. The van der Waals surface area contributed by atoms with E-state index in [1.54, 1.807) is 38.0 Å². The first-order valence-corrected chi connectivity index (χ1v) is 18.4. The number of hydrogen-bond acceptors (Lipinski definition) is 7. The second-order valence-electron chi connectivity index (χ2n) is 12.3. The largest absolute Gasteiger partial charge is 0.337 e. The average Bonchev–Trinajstić information content (AvgIpc) is 3.77. The summed E-state index contributed by atoms with van der Waals surface area (Å²) < 4.78 is 31.5. The van der Waals surface area contributed by atoms with Crippen molar-refractivity contribution in [2.75, 3.05) is 13.6 Å². The van der Waals surface area contributed by atoms with E-state index in [0.717, 1.165) is 27.5 Å². The van der Waals surface area contributed by atoms with Crippen LogP contribution < -0.4 is 0 Å². The molecule has 1 aliphatic rings. The second kappa shape index (κ2) is 13.6. The molecule has 2 atom stereocenters. The molecule has 1 saturated heterocycles.